The summed E-state index contributed by atoms with van der Waals surface area (Å²) in [6.45, 7) is 0.781. The summed E-state index contributed by atoms with van der Waals surface area (Å²) >= 11 is 0. The molecule has 1 aromatic carbocycles. The quantitative estimate of drug-likeness (QED) is 0.745. The molecule has 8 nitrogen and oxygen atoms in total. The van der Waals surface area contributed by atoms with Gasteiger partial charge in [0.25, 0.3) is 11.5 Å². The molecule has 3 heterocycles. The Bertz CT molecular complexity index is 1080. The lowest BCUT2D eigenvalue weighted by Gasteiger charge is -2.27. The van der Waals surface area contributed by atoms with Crippen LogP contribution in [0.3, 0.4) is 0 Å². The average Bonchev–Trinajstić information content (AvgIpc) is 3.17. The van der Waals surface area contributed by atoms with Crippen molar-refractivity contribution in [3.05, 3.63) is 75.5 Å². The first-order chi connectivity index (χ1) is 12.7. The minimum atomic E-state index is -0.392. The third-order valence-corrected chi connectivity index (χ3v) is 4.31. The van der Waals surface area contributed by atoms with Crippen molar-refractivity contribution in [1.29, 1.82) is 5.26 Å². The number of aromatic amines is 1. The Hall–Kier alpha value is -3.73. The zero-order chi connectivity index (χ0) is 18.1. The van der Waals surface area contributed by atoms with Crippen molar-refractivity contribution in [3.8, 4) is 11.8 Å². The van der Waals surface area contributed by atoms with Crippen LogP contribution >= 0.6 is 0 Å². The Balaban J connectivity index is 1.58. The van der Waals surface area contributed by atoms with Crippen LogP contribution in [0, 0.1) is 11.3 Å². The van der Waals surface area contributed by atoms with Crippen LogP contribution in [0.1, 0.15) is 27.3 Å². The van der Waals surface area contributed by atoms with Gasteiger partial charge >= 0.3 is 0 Å². The van der Waals surface area contributed by atoms with Crippen LogP contribution in [0.2, 0.25) is 0 Å². The highest BCUT2D eigenvalue weighted by atomic mass is 16.2. The van der Waals surface area contributed by atoms with Crippen molar-refractivity contribution in [2.75, 3.05) is 6.54 Å². The fourth-order valence-corrected chi connectivity index (χ4v) is 2.97. The molecular formula is C18H14N6O2. The summed E-state index contributed by atoms with van der Waals surface area (Å²) in [5.41, 5.74) is 2.22. The lowest BCUT2D eigenvalue weighted by molar-refractivity contribution is 0.0727. The lowest BCUT2D eigenvalue weighted by atomic mass is 10.0. The molecule has 2 aromatic heterocycles. The van der Waals surface area contributed by atoms with Crippen molar-refractivity contribution in [2.24, 2.45) is 0 Å². The number of amides is 1. The molecule has 0 atom stereocenters. The number of aromatic nitrogens is 4. The van der Waals surface area contributed by atoms with Gasteiger partial charge in [0.1, 0.15) is 11.6 Å². The largest absolute Gasteiger partial charge is 0.332 e. The average molecular weight is 346 g/mol. The molecule has 0 saturated carbocycles. The summed E-state index contributed by atoms with van der Waals surface area (Å²) in [6, 6.07) is 12.8. The van der Waals surface area contributed by atoms with Crippen LogP contribution in [-0.4, -0.2) is 37.3 Å². The molecule has 8 heteroatoms. The number of hydrogen-bond acceptors (Lipinski definition) is 5. The number of pyridine rings is 1. The van der Waals surface area contributed by atoms with E-state index in [4.69, 9.17) is 5.26 Å². The molecule has 0 spiro atoms. The Kier molecular flexibility index (Phi) is 3.82. The number of rotatable bonds is 2. The summed E-state index contributed by atoms with van der Waals surface area (Å²) in [5.74, 6) is -0.234. The molecule has 0 fully saturated rings. The number of H-pyrrole nitrogens is 1. The highest BCUT2D eigenvalue weighted by molar-refractivity contribution is 5.92. The monoisotopic (exact) mass is 346 g/mol. The molecule has 1 aliphatic heterocycles. The molecule has 1 N–H and O–H groups in total. The number of carbonyl (C=O) groups is 1. The zero-order valence-corrected chi connectivity index (χ0v) is 13.7. The number of fused-ring (bicyclic) bond motifs is 1. The first kappa shape index (κ1) is 15.8. The molecule has 0 aliphatic carbocycles. The number of benzene rings is 1. The molecule has 4 rings (SSSR count). The van der Waals surface area contributed by atoms with Crippen molar-refractivity contribution in [2.45, 2.75) is 13.0 Å². The number of carbonyl (C=O) groups excluding carboxylic acids is 1. The van der Waals surface area contributed by atoms with Crippen LogP contribution in [0.4, 0.5) is 0 Å². The Morgan fingerprint density at radius 1 is 1.27 bits per heavy atom. The maximum absolute atomic E-state index is 12.7. The van der Waals surface area contributed by atoms with E-state index in [1.807, 2.05) is 36.4 Å². The molecule has 0 radical (unpaired) electrons. The van der Waals surface area contributed by atoms with Gasteiger partial charge in [-0.05, 0) is 23.8 Å². The van der Waals surface area contributed by atoms with Gasteiger partial charge in [0.05, 0.1) is 11.9 Å². The van der Waals surface area contributed by atoms with E-state index in [1.54, 1.807) is 11.0 Å². The van der Waals surface area contributed by atoms with Crippen molar-refractivity contribution < 1.29 is 4.79 Å². The van der Waals surface area contributed by atoms with Gasteiger partial charge in [-0.3, -0.25) is 9.59 Å². The van der Waals surface area contributed by atoms with Crippen LogP contribution in [-0.2, 0) is 13.0 Å². The fourth-order valence-electron chi connectivity index (χ4n) is 2.97. The second-order valence-corrected chi connectivity index (χ2v) is 5.96. The Labute approximate surface area is 148 Å². The summed E-state index contributed by atoms with van der Waals surface area (Å²) in [7, 11) is 0. The second kappa shape index (κ2) is 6.29. The predicted octanol–water partition coefficient (Wildman–Crippen LogP) is 1.03. The lowest BCUT2D eigenvalue weighted by Crippen LogP contribution is -2.37. The number of nitrogens with zero attached hydrogens (tertiary/aromatic N) is 5. The van der Waals surface area contributed by atoms with E-state index in [0.29, 0.717) is 19.5 Å². The molecule has 3 aromatic rings. The maximum Gasteiger partial charge on any atom is 0.276 e. The van der Waals surface area contributed by atoms with Crippen molar-refractivity contribution in [1.82, 2.24) is 24.9 Å². The predicted molar refractivity (Wildman–Crippen MR) is 91.6 cm³/mol. The number of hydrogen-bond donors (Lipinski definition) is 1. The first-order valence-electron chi connectivity index (χ1n) is 8.08. The zero-order valence-electron chi connectivity index (χ0n) is 13.7. The Morgan fingerprint density at radius 2 is 2.08 bits per heavy atom. The van der Waals surface area contributed by atoms with Gasteiger partial charge in [-0.2, -0.15) is 15.2 Å². The molecule has 0 bridgehead atoms. The molecule has 128 valence electrons. The summed E-state index contributed by atoms with van der Waals surface area (Å²) < 4.78 is 0. The van der Waals surface area contributed by atoms with Crippen LogP contribution < -0.4 is 5.56 Å². The summed E-state index contributed by atoms with van der Waals surface area (Å²) in [5, 5.41) is 17.4. The topological polar surface area (TPSA) is 108 Å². The molecular weight excluding hydrogens is 332 g/mol. The normalized spacial score (nSPS) is 13.1. The van der Waals surface area contributed by atoms with Gasteiger partial charge in [-0.25, -0.2) is 0 Å². The summed E-state index contributed by atoms with van der Waals surface area (Å²) in [6.07, 6.45) is 1.97. The van der Waals surface area contributed by atoms with E-state index < -0.39 is 5.56 Å². The fraction of sp³-hybridized carbons (Fsp3) is 0.167. The molecule has 0 saturated heterocycles. The maximum atomic E-state index is 12.7. The van der Waals surface area contributed by atoms with E-state index in [-0.39, 0.29) is 17.2 Å². The third kappa shape index (κ3) is 2.75. The van der Waals surface area contributed by atoms with E-state index in [1.165, 1.54) is 11.0 Å². The van der Waals surface area contributed by atoms with Crippen LogP contribution in [0.5, 0.6) is 0 Å². The van der Waals surface area contributed by atoms with Crippen molar-refractivity contribution >= 4 is 5.91 Å². The molecule has 26 heavy (non-hydrogen) atoms. The van der Waals surface area contributed by atoms with E-state index in [0.717, 1.165) is 16.9 Å². The van der Waals surface area contributed by atoms with Gasteiger partial charge in [-0.15, -0.1) is 5.10 Å². The van der Waals surface area contributed by atoms with Crippen LogP contribution in [0.25, 0.3) is 5.69 Å². The smallest absolute Gasteiger partial charge is 0.276 e. The van der Waals surface area contributed by atoms with Gasteiger partial charge in [-0.1, -0.05) is 18.2 Å². The van der Waals surface area contributed by atoms with Gasteiger partial charge in [0.15, 0.2) is 5.69 Å². The number of nitriles is 1. The molecule has 1 aliphatic rings. The van der Waals surface area contributed by atoms with E-state index in [9.17, 15) is 9.59 Å². The van der Waals surface area contributed by atoms with Gasteiger partial charge < -0.3 is 9.88 Å². The number of para-hydroxylation sites is 1. The van der Waals surface area contributed by atoms with E-state index >= 15 is 0 Å². The highest BCUT2D eigenvalue weighted by Crippen LogP contribution is 2.18. The first-order valence-corrected chi connectivity index (χ1v) is 8.08. The van der Waals surface area contributed by atoms with E-state index in [2.05, 4.69) is 15.2 Å². The van der Waals surface area contributed by atoms with Gasteiger partial charge in [0.2, 0.25) is 0 Å². The summed E-state index contributed by atoms with van der Waals surface area (Å²) in [4.78, 5) is 30.2. The third-order valence-electron chi connectivity index (χ3n) is 4.31. The molecule has 0 unspecified atom stereocenters. The Morgan fingerprint density at radius 3 is 2.85 bits per heavy atom. The standard InChI is InChI=1S/C18H14N6O2/c19-9-12-8-13-11-23(7-6-15(13)21-17(12)25)18(26)16-10-20-24(22-16)14-4-2-1-3-5-14/h1-5,8,10H,6-7,11H2,(H,21,25). The van der Waals surface area contributed by atoms with Gasteiger partial charge in [0, 0.05) is 25.2 Å². The number of nitrogens with one attached hydrogen (secondary N) is 1. The van der Waals surface area contributed by atoms with Crippen LogP contribution in [0.15, 0.2) is 47.4 Å². The highest BCUT2D eigenvalue weighted by Gasteiger charge is 2.25. The SMILES string of the molecule is N#Cc1cc2c([nH]c1=O)CCN(C(=O)c1cnn(-c3ccccc3)n1)C2. The minimum Gasteiger partial charge on any atom is -0.332 e. The molecule has 1 amide bonds. The minimum absolute atomic E-state index is 0.0491. The van der Waals surface area contributed by atoms with Crippen molar-refractivity contribution in [3.63, 3.8) is 0 Å². The second-order valence-electron chi connectivity index (χ2n) is 5.96.